The molecule has 0 saturated heterocycles. The summed E-state index contributed by atoms with van der Waals surface area (Å²) in [5.41, 5.74) is 4.29. The Bertz CT molecular complexity index is 1540. The molecule has 0 saturated carbocycles. The summed E-state index contributed by atoms with van der Waals surface area (Å²) >= 11 is 0. The maximum atomic E-state index is 10.1. The highest BCUT2D eigenvalue weighted by molar-refractivity contribution is 6.16. The van der Waals surface area contributed by atoms with Gasteiger partial charge in [0.1, 0.15) is 12.8 Å². The number of fused-ring (bicyclic) bond motifs is 6. The van der Waals surface area contributed by atoms with Crippen LogP contribution in [0.5, 0.6) is 17.2 Å². The van der Waals surface area contributed by atoms with Gasteiger partial charge in [-0.3, -0.25) is 0 Å². The normalized spacial score (nSPS) is 12.7. The minimum Gasteiger partial charge on any atom is -0.495 e. The Labute approximate surface area is 191 Å². The van der Waals surface area contributed by atoms with Gasteiger partial charge in [0, 0.05) is 10.9 Å². The summed E-state index contributed by atoms with van der Waals surface area (Å²) in [4.78, 5) is 0. The van der Waals surface area contributed by atoms with Gasteiger partial charge in [-0.2, -0.15) is 4.57 Å². The number of aromatic nitrogens is 1. The van der Waals surface area contributed by atoms with E-state index >= 15 is 0 Å². The minimum atomic E-state index is -0.0795. The predicted molar refractivity (Wildman–Crippen MR) is 128 cm³/mol. The van der Waals surface area contributed by atoms with Crippen LogP contribution in [-0.4, -0.2) is 19.0 Å². The first-order valence-corrected chi connectivity index (χ1v) is 11.0. The number of aliphatic hydroxyl groups is 1. The number of ether oxygens (including phenoxy) is 3. The molecule has 1 N–H and O–H groups in total. The number of hydrogen-bond donors (Lipinski definition) is 1. The Morgan fingerprint density at radius 1 is 0.909 bits per heavy atom. The molecule has 0 unspecified atom stereocenters. The topological polar surface area (TPSA) is 51.8 Å². The summed E-state index contributed by atoms with van der Waals surface area (Å²) in [6.45, 7) is 0.171. The number of benzene rings is 4. The highest BCUT2D eigenvalue weighted by atomic mass is 16.7. The fraction of sp³-hybridized carbons (Fsp3) is 0.179. The van der Waals surface area contributed by atoms with Crippen LogP contribution >= 0.6 is 0 Å². The van der Waals surface area contributed by atoms with Crippen LogP contribution < -0.4 is 18.8 Å². The zero-order valence-corrected chi connectivity index (χ0v) is 18.6. The van der Waals surface area contributed by atoms with E-state index in [1.165, 1.54) is 5.56 Å². The molecule has 1 aromatic heterocycles. The average molecular weight is 439 g/mol. The molecule has 0 spiro atoms. The van der Waals surface area contributed by atoms with Crippen LogP contribution in [0.3, 0.4) is 0 Å². The molecule has 5 aromatic rings. The van der Waals surface area contributed by atoms with E-state index in [9.17, 15) is 5.11 Å². The van der Waals surface area contributed by atoms with E-state index in [-0.39, 0.29) is 13.4 Å². The first-order valence-electron chi connectivity index (χ1n) is 11.0. The maximum Gasteiger partial charge on any atom is 0.231 e. The van der Waals surface area contributed by atoms with Gasteiger partial charge in [0.05, 0.1) is 29.9 Å². The Kier molecular flexibility index (Phi) is 4.59. The van der Waals surface area contributed by atoms with Crippen molar-refractivity contribution >= 4 is 32.4 Å². The van der Waals surface area contributed by atoms with Crippen molar-refractivity contribution in [3.05, 3.63) is 83.6 Å². The third kappa shape index (κ3) is 3.08. The fourth-order valence-electron chi connectivity index (χ4n) is 5.10. The summed E-state index contributed by atoms with van der Waals surface area (Å²) in [5, 5.41) is 15.6. The fourth-order valence-corrected chi connectivity index (χ4v) is 5.10. The van der Waals surface area contributed by atoms with E-state index in [1.807, 2.05) is 19.2 Å². The van der Waals surface area contributed by atoms with Crippen LogP contribution in [-0.2, 0) is 20.1 Å². The van der Waals surface area contributed by atoms with Gasteiger partial charge < -0.3 is 19.3 Å². The quantitative estimate of drug-likeness (QED) is 0.324. The lowest BCUT2D eigenvalue weighted by Crippen LogP contribution is -2.29. The largest absolute Gasteiger partial charge is 0.495 e. The van der Waals surface area contributed by atoms with Crippen LogP contribution in [0.25, 0.3) is 32.4 Å². The minimum absolute atomic E-state index is 0.0795. The number of hydrogen-bond acceptors (Lipinski definition) is 4. The molecule has 33 heavy (non-hydrogen) atoms. The Balaban J connectivity index is 1.74. The average Bonchev–Trinajstić information content (AvgIpc) is 3.30. The molecule has 0 aliphatic carbocycles. The molecule has 4 aromatic carbocycles. The Morgan fingerprint density at radius 3 is 2.45 bits per heavy atom. The van der Waals surface area contributed by atoms with E-state index in [0.717, 1.165) is 61.5 Å². The molecular weight excluding hydrogens is 414 g/mol. The standard InChI is InChI=1S/C28H24NO4/c1-29-14-23-26(19(10-17-6-4-3-5-7-17)11-20(15-30)28(23)31-2)21-9-8-18-12-24-25(33-16-32-24)13-22(18)27(21)29/h3-9,11-14,30H,10,15-16H2,1-2H3/q+1. The first-order chi connectivity index (χ1) is 16.2. The number of aliphatic hydroxyl groups excluding tert-OH is 1. The highest BCUT2D eigenvalue weighted by Crippen LogP contribution is 2.41. The maximum absolute atomic E-state index is 10.1. The molecule has 0 bridgehead atoms. The van der Waals surface area contributed by atoms with Crippen molar-refractivity contribution in [2.75, 3.05) is 13.9 Å². The van der Waals surface area contributed by atoms with E-state index in [0.29, 0.717) is 5.75 Å². The summed E-state index contributed by atoms with van der Waals surface area (Å²) < 4.78 is 19.2. The first kappa shape index (κ1) is 19.8. The molecule has 5 nitrogen and oxygen atoms in total. The lowest BCUT2D eigenvalue weighted by Gasteiger charge is -2.16. The Hall–Kier alpha value is -3.83. The summed E-state index contributed by atoms with van der Waals surface area (Å²) in [5.74, 6) is 2.27. The lowest BCUT2D eigenvalue weighted by molar-refractivity contribution is -0.642. The van der Waals surface area contributed by atoms with Crippen molar-refractivity contribution in [3.63, 3.8) is 0 Å². The van der Waals surface area contributed by atoms with Crippen molar-refractivity contribution < 1.29 is 23.9 Å². The lowest BCUT2D eigenvalue weighted by atomic mass is 9.92. The monoisotopic (exact) mass is 438 g/mol. The molecule has 0 fully saturated rings. The highest BCUT2D eigenvalue weighted by Gasteiger charge is 2.23. The summed E-state index contributed by atoms with van der Waals surface area (Å²) in [7, 11) is 3.71. The molecule has 5 heteroatoms. The third-order valence-electron chi connectivity index (χ3n) is 6.52. The molecule has 1 aliphatic rings. The van der Waals surface area contributed by atoms with E-state index in [4.69, 9.17) is 14.2 Å². The van der Waals surface area contributed by atoms with Crippen LogP contribution in [0.2, 0.25) is 0 Å². The SMILES string of the molecule is COc1c(CO)cc(Cc2ccccc2)c2c1c[n+](C)c1c3cc4c(cc3ccc21)OCO4. The number of nitrogens with zero attached hydrogens (tertiary/aromatic N) is 1. The summed E-state index contributed by atoms with van der Waals surface area (Å²) in [6, 6.07) is 20.9. The van der Waals surface area contributed by atoms with Crippen molar-refractivity contribution in [2.24, 2.45) is 7.05 Å². The molecule has 2 heterocycles. The molecular formula is C28H24NO4+. The molecule has 6 rings (SSSR count). The number of methoxy groups -OCH3 is 1. The van der Waals surface area contributed by atoms with Gasteiger partial charge in [0.2, 0.25) is 12.3 Å². The van der Waals surface area contributed by atoms with Crippen LogP contribution in [0.1, 0.15) is 16.7 Å². The second-order valence-electron chi connectivity index (χ2n) is 8.47. The van der Waals surface area contributed by atoms with Crippen LogP contribution in [0.4, 0.5) is 0 Å². The number of aryl methyl sites for hydroxylation is 1. The zero-order valence-electron chi connectivity index (χ0n) is 18.6. The van der Waals surface area contributed by atoms with Crippen LogP contribution in [0.15, 0.2) is 66.9 Å². The molecule has 0 atom stereocenters. The van der Waals surface area contributed by atoms with Crippen molar-refractivity contribution in [1.29, 1.82) is 0 Å². The van der Waals surface area contributed by atoms with Crippen molar-refractivity contribution in [2.45, 2.75) is 13.0 Å². The molecule has 164 valence electrons. The van der Waals surface area contributed by atoms with Gasteiger partial charge in [0.25, 0.3) is 0 Å². The smallest absolute Gasteiger partial charge is 0.231 e. The zero-order chi connectivity index (χ0) is 22.5. The van der Waals surface area contributed by atoms with Crippen molar-refractivity contribution in [1.82, 2.24) is 0 Å². The van der Waals surface area contributed by atoms with Crippen molar-refractivity contribution in [3.8, 4) is 17.2 Å². The number of rotatable bonds is 4. The van der Waals surface area contributed by atoms with Gasteiger partial charge >= 0.3 is 0 Å². The molecule has 1 aliphatic heterocycles. The van der Waals surface area contributed by atoms with Gasteiger partial charge in [-0.1, -0.05) is 36.4 Å². The second kappa shape index (κ2) is 7.64. The molecule has 0 radical (unpaired) electrons. The van der Waals surface area contributed by atoms with E-state index < -0.39 is 0 Å². The van der Waals surface area contributed by atoms with Gasteiger partial charge in [0.15, 0.2) is 17.7 Å². The predicted octanol–water partition coefficient (Wildman–Crippen LogP) is 4.79. The second-order valence-corrected chi connectivity index (χ2v) is 8.47. The van der Waals surface area contributed by atoms with E-state index in [1.54, 1.807) is 7.11 Å². The Morgan fingerprint density at radius 2 is 1.70 bits per heavy atom. The third-order valence-corrected chi connectivity index (χ3v) is 6.52. The van der Waals surface area contributed by atoms with E-state index in [2.05, 4.69) is 59.3 Å². The van der Waals surface area contributed by atoms with Gasteiger partial charge in [-0.15, -0.1) is 0 Å². The number of pyridine rings is 1. The molecule has 0 amide bonds. The van der Waals surface area contributed by atoms with Gasteiger partial charge in [-0.05, 0) is 47.2 Å². The summed E-state index contributed by atoms with van der Waals surface area (Å²) in [6.07, 6.45) is 2.87. The van der Waals surface area contributed by atoms with Crippen LogP contribution in [0, 0.1) is 0 Å². The van der Waals surface area contributed by atoms with Gasteiger partial charge in [-0.25, -0.2) is 0 Å².